The van der Waals surface area contributed by atoms with Crippen molar-refractivity contribution in [2.75, 3.05) is 13.2 Å². The molecule has 1 amide bonds. The number of H-pyrrole nitrogens is 1. The van der Waals surface area contributed by atoms with E-state index in [1.165, 1.54) is 12.3 Å². The number of aromatic nitrogens is 3. The van der Waals surface area contributed by atoms with Crippen molar-refractivity contribution >= 4 is 5.91 Å². The van der Waals surface area contributed by atoms with Crippen LogP contribution >= 0.6 is 0 Å². The zero-order valence-corrected chi connectivity index (χ0v) is 11.6. The molecular weight excluding hydrogens is 272 g/mol. The lowest BCUT2D eigenvalue weighted by atomic mass is 10.3. The van der Waals surface area contributed by atoms with Gasteiger partial charge in [-0.1, -0.05) is 0 Å². The number of amides is 1. The Hall–Kier alpha value is -2.70. The minimum atomic E-state index is -0.242. The number of rotatable bonds is 6. The van der Waals surface area contributed by atoms with Crippen molar-refractivity contribution in [1.29, 1.82) is 0 Å². The second kappa shape index (κ2) is 7.18. The molecule has 2 aromatic heterocycles. The van der Waals surface area contributed by atoms with E-state index in [9.17, 15) is 9.59 Å². The van der Waals surface area contributed by atoms with Gasteiger partial charge in [0, 0.05) is 30.9 Å². The number of ether oxygens (including phenoxy) is 1. The van der Waals surface area contributed by atoms with Crippen molar-refractivity contribution in [3.8, 4) is 5.75 Å². The van der Waals surface area contributed by atoms with Crippen molar-refractivity contribution in [2.45, 2.75) is 13.3 Å². The van der Waals surface area contributed by atoms with Crippen molar-refractivity contribution < 1.29 is 9.53 Å². The predicted molar refractivity (Wildman–Crippen MR) is 76.0 cm³/mol. The smallest absolute Gasteiger partial charge is 0.257 e. The van der Waals surface area contributed by atoms with Crippen LogP contribution in [0.15, 0.2) is 35.4 Å². The third-order valence-corrected chi connectivity index (χ3v) is 2.61. The van der Waals surface area contributed by atoms with Gasteiger partial charge in [0.15, 0.2) is 6.61 Å². The number of hydrogen-bond acceptors (Lipinski definition) is 5. The standard InChI is InChI=1S/C14H16N4O3/c1-10-7-13(19)18-12(17-10)4-6-16-14(20)9-21-11-3-2-5-15-8-11/h2-3,5,7-8H,4,6,9H2,1H3,(H,16,20)(H,17,18,19). The number of pyridine rings is 1. The summed E-state index contributed by atoms with van der Waals surface area (Å²) in [6.07, 6.45) is 3.62. The fourth-order valence-corrected chi connectivity index (χ4v) is 1.71. The van der Waals surface area contributed by atoms with Crippen LogP contribution in [-0.2, 0) is 11.2 Å². The molecule has 0 saturated heterocycles. The normalized spacial score (nSPS) is 10.1. The van der Waals surface area contributed by atoms with Crippen LogP contribution in [0.5, 0.6) is 5.75 Å². The molecule has 0 atom stereocenters. The van der Waals surface area contributed by atoms with Crippen LogP contribution in [0.4, 0.5) is 0 Å². The molecule has 0 spiro atoms. The van der Waals surface area contributed by atoms with Gasteiger partial charge in [-0.05, 0) is 19.1 Å². The number of aromatic amines is 1. The van der Waals surface area contributed by atoms with Gasteiger partial charge in [-0.15, -0.1) is 0 Å². The van der Waals surface area contributed by atoms with Crippen LogP contribution in [-0.4, -0.2) is 34.0 Å². The maximum absolute atomic E-state index is 11.6. The highest BCUT2D eigenvalue weighted by molar-refractivity contribution is 5.77. The summed E-state index contributed by atoms with van der Waals surface area (Å²) >= 11 is 0. The summed E-state index contributed by atoms with van der Waals surface area (Å²) in [5.41, 5.74) is 0.462. The highest BCUT2D eigenvalue weighted by Crippen LogP contribution is 2.05. The van der Waals surface area contributed by atoms with Gasteiger partial charge in [-0.3, -0.25) is 14.6 Å². The molecule has 2 N–H and O–H groups in total. The fourth-order valence-electron chi connectivity index (χ4n) is 1.71. The maximum atomic E-state index is 11.6. The maximum Gasteiger partial charge on any atom is 0.257 e. The number of carbonyl (C=O) groups excluding carboxylic acids is 1. The summed E-state index contributed by atoms with van der Waals surface area (Å²) in [7, 11) is 0. The van der Waals surface area contributed by atoms with E-state index >= 15 is 0 Å². The molecule has 0 unspecified atom stereocenters. The highest BCUT2D eigenvalue weighted by Gasteiger charge is 2.03. The third-order valence-electron chi connectivity index (χ3n) is 2.61. The number of nitrogens with one attached hydrogen (secondary N) is 2. The first-order valence-electron chi connectivity index (χ1n) is 6.50. The van der Waals surface area contributed by atoms with Gasteiger partial charge in [-0.2, -0.15) is 0 Å². The number of aryl methyl sites for hydroxylation is 1. The largest absolute Gasteiger partial charge is 0.482 e. The molecule has 0 aromatic carbocycles. The monoisotopic (exact) mass is 288 g/mol. The minimum absolute atomic E-state index is 0.0799. The van der Waals surface area contributed by atoms with Crippen molar-refractivity contribution in [2.24, 2.45) is 0 Å². The van der Waals surface area contributed by atoms with Crippen molar-refractivity contribution in [3.63, 3.8) is 0 Å². The van der Waals surface area contributed by atoms with E-state index in [-0.39, 0.29) is 18.1 Å². The van der Waals surface area contributed by atoms with E-state index < -0.39 is 0 Å². The molecule has 0 aliphatic heterocycles. The van der Waals surface area contributed by atoms with Crippen LogP contribution in [0, 0.1) is 6.92 Å². The van der Waals surface area contributed by atoms with Crippen molar-refractivity contribution in [1.82, 2.24) is 20.3 Å². The second-order valence-corrected chi connectivity index (χ2v) is 4.41. The molecule has 7 heteroatoms. The summed E-state index contributed by atoms with van der Waals surface area (Å²) in [6, 6.07) is 4.87. The molecule has 0 saturated carbocycles. The lowest BCUT2D eigenvalue weighted by Crippen LogP contribution is -2.31. The molecule has 7 nitrogen and oxygen atoms in total. The average molecular weight is 288 g/mol. The Morgan fingerprint density at radius 3 is 3.05 bits per heavy atom. The number of hydrogen-bond donors (Lipinski definition) is 2. The molecule has 2 heterocycles. The SMILES string of the molecule is Cc1cc(=O)[nH]c(CCNC(=O)COc2cccnc2)n1. The Morgan fingerprint density at radius 1 is 1.48 bits per heavy atom. The fraction of sp³-hybridized carbons (Fsp3) is 0.286. The number of carbonyl (C=O) groups is 1. The van der Waals surface area contributed by atoms with E-state index in [2.05, 4.69) is 20.3 Å². The quantitative estimate of drug-likeness (QED) is 0.792. The molecular formula is C14H16N4O3. The first-order chi connectivity index (χ1) is 10.1. The molecule has 2 rings (SSSR count). The Labute approximate surface area is 121 Å². The van der Waals surface area contributed by atoms with E-state index in [1.807, 2.05) is 0 Å². The molecule has 2 aromatic rings. The van der Waals surface area contributed by atoms with E-state index in [0.29, 0.717) is 30.2 Å². The van der Waals surface area contributed by atoms with Gasteiger partial charge in [0.25, 0.3) is 11.5 Å². The van der Waals surface area contributed by atoms with Crippen LogP contribution < -0.4 is 15.6 Å². The van der Waals surface area contributed by atoms with Crippen LogP contribution in [0.2, 0.25) is 0 Å². The second-order valence-electron chi connectivity index (χ2n) is 4.41. The van der Waals surface area contributed by atoms with Gasteiger partial charge in [0.2, 0.25) is 0 Å². The Morgan fingerprint density at radius 2 is 2.33 bits per heavy atom. The van der Waals surface area contributed by atoms with Gasteiger partial charge >= 0.3 is 0 Å². The first-order valence-corrected chi connectivity index (χ1v) is 6.50. The molecule has 110 valence electrons. The first kappa shape index (κ1) is 14.7. The molecule has 0 aliphatic rings. The Bertz CT molecular complexity index is 655. The van der Waals surface area contributed by atoms with Crippen molar-refractivity contribution in [3.05, 3.63) is 52.5 Å². The zero-order valence-electron chi connectivity index (χ0n) is 11.6. The molecule has 0 aliphatic carbocycles. The van der Waals surface area contributed by atoms with Gasteiger partial charge < -0.3 is 15.0 Å². The third kappa shape index (κ3) is 5.06. The molecule has 21 heavy (non-hydrogen) atoms. The summed E-state index contributed by atoms with van der Waals surface area (Å²) in [6.45, 7) is 2.05. The topological polar surface area (TPSA) is 97.0 Å². The van der Waals surface area contributed by atoms with E-state index in [1.54, 1.807) is 25.3 Å². The van der Waals surface area contributed by atoms with Gasteiger partial charge in [0.05, 0.1) is 6.20 Å². The van der Waals surface area contributed by atoms with Crippen LogP contribution in [0.3, 0.4) is 0 Å². The zero-order chi connectivity index (χ0) is 15.1. The van der Waals surface area contributed by atoms with Crippen LogP contribution in [0.1, 0.15) is 11.5 Å². The molecule has 0 fully saturated rings. The number of nitrogens with zero attached hydrogens (tertiary/aromatic N) is 2. The minimum Gasteiger partial charge on any atom is -0.482 e. The Kier molecular flexibility index (Phi) is 5.03. The highest BCUT2D eigenvalue weighted by atomic mass is 16.5. The Balaban J connectivity index is 1.73. The van der Waals surface area contributed by atoms with Gasteiger partial charge in [-0.25, -0.2) is 4.98 Å². The molecule has 0 bridgehead atoms. The summed E-state index contributed by atoms with van der Waals surface area (Å²) in [4.78, 5) is 33.5. The van der Waals surface area contributed by atoms with Gasteiger partial charge in [0.1, 0.15) is 11.6 Å². The van der Waals surface area contributed by atoms with Crippen LogP contribution in [0.25, 0.3) is 0 Å². The molecule has 0 radical (unpaired) electrons. The lowest BCUT2D eigenvalue weighted by Gasteiger charge is -2.07. The lowest BCUT2D eigenvalue weighted by molar-refractivity contribution is -0.123. The predicted octanol–water partition coefficient (Wildman–Crippen LogP) is 0.211. The summed E-state index contributed by atoms with van der Waals surface area (Å²) in [5, 5.41) is 2.69. The average Bonchev–Trinajstić information content (AvgIpc) is 2.45. The summed E-state index contributed by atoms with van der Waals surface area (Å²) in [5.74, 6) is 0.847. The van der Waals surface area contributed by atoms with E-state index in [0.717, 1.165) is 0 Å². The summed E-state index contributed by atoms with van der Waals surface area (Å²) < 4.78 is 5.26. The van der Waals surface area contributed by atoms with E-state index in [4.69, 9.17) is 4.74 Å².